The van der Waals surface area contributed by atoms with E-state index in [1.54, 1.807) is 13.0 Å². The fourth-order valence-corrected chi connectivity index (χ4v) is 4.22. The molecule has 0 bridgehead atoms. The lowest BCUT2D eigenvalue weighted by Gasteiger charge is -2.25. The molecule has 0 spiro atoms. The summed E-state index contributed by atoms with van der Waals surface area (Å²) in [7, 11) is 0. The van der Waals surface area contributed by atoms with Crippen LogP contribution in [0.1, 0.15) is 52.9 Å². The van der Waals surface area contributed by atoms with Gasteiger partial charge in [-0.15, -0.1) is 0 Å². The minimum Gasteiger partial charge on any atom is -0.494 e. The van der Waals surface area contributed by atoms with Gasteiger partial charge >= 0.3 is 12.0 Å². The van der Waals surface area contributed by atoms with Crippen molar-refractivity contribution in [3.63, 3.8) is 0 Å². The Labute approximate surface area is 179 Å². The van der Waals surface area contributed by atoms with Crippen LogP contribution in [0.2, 0.25) is 0 Å². The smallest absolute Gasteiger partial charge is 0.320 e. The van der Waals surface area contributed by atoms with Gasteiger partial charge in [-0.1, -0.05) is 36.3 Å². The lowest BCUT2D eigenvalue weighted by atomic mass is 9.83. The fraction of sp³-hybridized carbons (Fsp3) is 0.583. The number of aliphatic carboxylic acids is 1. The van der Waals surface area contributed by atoms with Crippen molar-refractivity contribution in [2.75, 3.05) is 26.2 Å². The van der Waals surface area contributed by atoms with E-state index in [0.29, 0.717) is 31.9 Å². The van der Waals surface area contributed by atoms with E-state index >= 15 is 0 Å². The van der Waals surface area contributed by atoms with Crippen molar-refractivity contribution in [1.82, 2.24) is 9.80 Å². The van der Waals surface area contributed by atoms with Gasteiger partial charge in [0.05, 0.1) is 18.1 Å². The molecule has 6 nitrogen and oxygen atoms in total. The Hall–Kier alpha value is -2.50. The van der Waals surface area contributed by atoms with Crippen molar-refractivity contribution in [3.8, 4) is 0 Å². The van der Waals surface area contributed by atoms with Crippen LogP contribution in [0.15, 0.2) is 47.3 Å². The van der Waals surface area contributed by atoms with E-state index in [4.69, 9.17) is 4.74 Å². The highest BCUT2D eigenvalue weighted by Crippen LogP contribution is 2.31. The van der Waals surface area contributed by atoms with Crippen LogP contribution in [0.4, 0.5) is 4.79 Å². The Morgan fingerprint density at radius 1 is 1.33 bits per heavy atom. The maximum absolute atomic E-state index is 12.9. The minimum absolute atomic E-state index is 0.115. The van der Waals surface area contributed by atoms with E-state index in [1.807, 2.05) is 22.0 Å². The van der Waals surface area contributed by atoms with Crippen molar-refractivity contribution in [3.05, 3.63) is 47.3 Å². The Kier molecular flexibility index (Phi) is 7.06. The van der Waals surface area contributed by atoms with Crippen molar-refractivity contribution in [2.24, 2.45) is 5.41 Å². The summed E-state index contributed by atoms with van der Waals surface area (Å²) in [5.74, 6) is -0.245. The third-order valence-corrected chi connectivity index (χ3v) is 6.18. The SMILES string of the molecule is CCCN1C(=O)N(CC2=CC=C(C)CC2)CC1CCOC1=CC(C)(C(=O)O)CC=C1. The highest BCUT2D eigenvalue weighted by molar-refractivity contribution is 5.78. The summed E-state index contributed by atoms with van der Waals surface area (Å²) in [6, 6.07) is 0.238. The molecule has 6 heteroatoms. The maximum Gasteiger partial charge on any atom is 0.320 e. The molecule has 3 rings (SSSR count). The first-order valence-electron chi connectivity index (χ1n) is 11.0. The van der Waals surface area contributed by atoms with Gasteiger partial charge < -0.3 is 19.6 Å². The summed E-state index contributed by atoms with van der Waals surface area (Å²) in [5, 5.41) is 9.42. The Balaban J connectivity index is 1.58. The lowest BCUT2D eigenvalue weighted by Crippen LogP contribution is -2.36. The van der Waals surface area contributed by atoms with Gasteiger partial charge in [0.2, 0.25) is 0 Å². The fourth-order valence-electron chi connectivity index (χ4n) is 4.22. The topological polar surface area (TPSA) is 70.1 Å². The number of nitrogens with zero attached hydrogens (tertiary/aromatic N) is 2. The summed E-state index contributed by atoms with van der Waals surface area (Å²) >= 11 is 0. The van der Waals surface area contributed by atoms with Gasteiger partial charge in [0.25, 0.3) is 0 Å². The third-order valence-electron chi connectivity index (χ3n) is 6.18. The monoisotopic (exact) mass is 414 g/mol. The molecule has 2 unspecified atom stereocenters. The molecule has 2 amide bonds. The zero-order valence-corrected chi connectivity index (χ0v) is 18.4. The second kappa shape index (κ2) is 9.54. The Morgan fingerprint density at radius 2 is 2.13 bits per heavy atom. The van der Waals surface area contributed by atoms with Crippen molar-refractivity contribution < 1.29 is 19.4 Å². The van der Waals surface area contributed by atoms with Crippen LogP contribution in [0.25, 0.3) is 0 Å². The number of hydrogen-bond donors (Lipinski definition) is 1. The number of urea groups is 1. The molecule has 1 aliphatic heterocycles. The Morgan fingerprint density at radius 3 is 2.80 bits per heavy atom. The maximum atomic E-state index is 12.9. The van der Waals surface area contributed by atoms with Gasteiger partial charge in [0, 0.05) is 26.1 Å². The second-order valence-electron chi connectivity index (χ2n) is 8.86. The van der Waals surface area contributed by atoms with Crippen LogP contribution in [0.3, 0.4) is 0 Å². The number of ether oxygens (including phenoxy) is 1. The average molecular weight is 415 g/mol. The summed E-state index contributed by atoms with van der Waals surface area (Å²) in [6.45, 7) is 8.55. The van der Waals surface area contributed by atoms with E-state index in [2.05, 4.69) is 26.0 Å². The Bertz CT molecular complexity index is 795. The standard InChI is InChI=1S/C24H34N2O4/c1-4-13-26-20(11-14-30-21-6-5-12-24(3,15-21)22(27)28)17-25(23(26)29)16-19-9-7-18(2)8-10-19/h5-7,9,15,20H,4,8,10-14,16-17H2,1-3H3,(H,27,28). The molecule has 0 aromatic rings. The molecule has 0 saturated carbocycles. The molecule has 3 aliphatic rings. The molecule has 1 N–H and O–H groups in total. The molecule has 0 aromatic heterocycles. The van der Waals surface area contributed by atoms with Gasteiger partial charge in [0.15, 0.2) is 0 Å². The molecule has 1 fully saturated rings. The number of hydrogen-bond acceptors (Lipinski definition) is 3. The van der Waals surface area contributed by atoms with Crippen LogP contribution in [0.5, 0.6) is 0 Å². The van der Waals surface area contributed by atoms with Gasteiger partial charge in [0.1, 0.15) is 5.76 Å². The average Bonchev–Trinajstić information content (AvgIpc) is 2.99. The van der Waals surface area contributed by atoms with Crippen LogP contribution < -0.4 is 0 Å². The summed E-state index contributed by atoms with van der Waals surface area (Å²) < 4.78 is 5.88. The quantitative estimate of drug-likeness (QED) is 0.603. The van der Waals surface area contributed by atoms with Gasteiger partial charge in [-0.3, -0.25) is 4.79 Å². The second-order valence-corrected chi connectivity index (χ2v) is 8.86. The van der Waals surface area contributed by atoms with E-state index in [0.717, 1.165) is 32.2 Å². The number of carboxylic acids is 1. The van der Waals surface area contributed by atoms with E-state index < -0.39 is 11.4 Å². The molecule has 30 heavy (non-hydrogen) atoms. The molecule has 1 saturated heterocycles. The van der Waals surface area contributed by atoms with E-state index in [9.17, 15) is 14.7 Å². The number of amides is 2. The van der Waals surface area contributed by atoms with Crippen molar-refractivity contribution >= 4 is 12.0 Å². The van der Waals surface area contributed by atoms with Crippen molar-refractivity contribution in [1.29, 1.82) is 0 Å². The van der Waals surface area contributed by atoms with Gasteiger partial charge in [-0.2, -0.15) is 0 Å². The predicted molar refractivity (Wildman–Crippen MR) is 117 cm³/mol. The zero-order valence-electron chi connectivity index (χ0n) is 18.4. The number of rotatable bonds is 9. The summed E-state index contributed by atoms with van der Waals surface area (Å²) in [5.41, 5.74) is 1.78. The molecule has 164 valence electrons. The number of carbonyl (C=O) groups excluding carboxylic acids is 1. The van der Waals surface area contributed by atoms with Crippen molar-refractivity contribution in [2.45, 2.75) is 58.9 Å². The summed E-state index contributed by atoms with van der Waals surface area (Å²) in [4.78, 5) is 28.4. The number of carbonyl (C=O) groups is 2. The minimum atomic E-state index is -0.918. The molecule has 0 aromatic carbocycles. The van der Waals surface area contributed by atoms with Gasteiger partial charge in [-0.25, -0.2) is 4.79 Å². The largest absolute Gasteiger partial charge is 0.494 e. The molecule has 1 heterocycles. The van der Waals surface area contributed by atoms with Crippen LogP contribution in [-0.2, 0) is 9.53 Å². The highest BCUT2D eigenvalue weighted by atomic mass is 16.5. The number of carboxylic acid groups (broad SMARTS) is 1. The van der Waals surface area contributed by atoms with E-state index in [1.165, 1.54) is 11.1 Å². The molecule has 2 atom stereocenters. The third kappa shape index (κ3) is 5.15. The van der Waals surface area contributed by atoms with Gasteiger partial charge in [-0.05, 0) is 51.7 Å². The normalized spacial score (nSPS) is 26.4. The first-order valence-corrected chi connectivity index (χ1v) is 11.0. The zero-order chi connectivity index (χ0) is 21.7. The molecular weight excluding hydrogens is 380 g/mol. The molecule has 0 radical (unpaired) electrons. The van der Waals surface area contributed by atoms with Crippen LogP contribution in [0, 0.1) is 5.41 Å². The lowest BCUT2D eigenvalue weighted by molar-refractivity contribution is -0.145. The molecular formula is C24H34N2O4. The highest BCUT2D eigenvalue weighted by Gasteiger charge is 2.37. The first kappa shape index (κ1) is 22.2. The molecule has 2 aliphatic carbocycles. The summed E-state index contributed by atoms with van der Waals surface area (Å²) in [6.07, 6.45) is 13.9. The number of allylic oxidation sites excluding steroid dienone is 5. The van der Waals surface area contributed by atoms with Crippen LogP contribution in [-0.4, -0.2) is 59.2 Å². The van der Waals surface area contributed by atoms with E-state index in [-0.39, 0.29) is 12.1 Å². The predicted octanol–water partition coefficient (Wildman–Crippen LogP) is 4.51. The van der Waals surface area contributed by atoms with Crippen LogP contribution >= 0.6 is 0 Å². The first-order chi connectivity index (χ1) is 14.3.